The third-order valence-corrected chi connectivity index (χ3v) is 1.07. The lowest BCUT2D eigenvalue weighted by molar-refractivity contribution is 0.117. The monoisotopic (exact) mass is 98.1 g/mol. The van der Waals surface area contributed by atoms with Crippen LogP contribution in [0.2, 0.25) is 0 Å². The van der Waals surface area contributed by atoms with Crippen LogP contribution >= 0.6 is 0 Å². The Morgan fingerprint density at radius 1 is 1.86 bits per heavy atom. The molecule has 1 heteroatoms. The van der Waals surface area contributed by atoms with Crippen molar-refractivity contribution in [2.45, 2.75) is 19.8 Å². The maximum Gasteiger partial charge on any atom is 0.0954 e. The van der Waals surface area contributed by atoms with Crippen molar-refractivity contribution in [3.63, 3.8) is 0 Å². The summed E-state index contributed by atoms with van der Waals surface area (Å²) in [5.41, 5.74) is 0. The topological polar surface area (TPSA) is 9.23 Å². The quantitative estimate of drug-likeness (QED) is 0.485. The first-order valence-corrected chi connectivity index (χ1v) is 2.75. The summed E-state index contributed by atoms with van der Waals surface area (Å²) in [5, 5.41) is 0. The van der Waals surface area contributed by atoms with E-state index < -0.39 is 0 Å². The summed E-state index contributed by atoms with van der Waals surface area (Å²) in [6.45, 7) is 3.06. The van der Waals surface area contributed by atoms with E-state index in [1.165, 1.54) is 5.76 Å². The minimum Gasteiger partial charge on any atom is -0.498 e. The van der Waals surface area contributed by atoms with Crippen molar-refractivity contribution in [2.24, 2.45) is 0 Å². The largest absolute Gasteiger partial charge is 0.498 e. The van der Waals surface area contributed by atoms with E-state index in [0.717, 1.165) is 19.4 Å². The molecule has 0 aromatic rings. The first kappa shape index (κ1) is 4.69. The molecule has 0 radical (unpaired) electrons. The standard InChI is InChI=1S/C6H10O/c1-2-3-6-4-5-7-6/h3H,2,4-5H2,1H3. The Hall–Kier alpha value is -0.460. The fraction of sp³-hybridized carbons (Fsp3) is 0.667. The highest BCUT2D eigenvalue weighted by Gasteiger charge is 2.06. The molecular weight excluding hydrogens is 88.1 g/mol. The highest BCUT2D eigenvalue weighted by molar-refractivity contribution is 4.97. The van der Waals surface area contributed by atoms with E-state index in [1.54, 1.807) is 0 Å². The molecule has 40 valence electrons. The second-order valence-corrected chi connectivity index (χ2v) is 1.68. The van der Waals surface area contributed by atoms with Gasteiger partial charge in [0.2, 0.25) is 0 Å². The first-order valence-electron chi connectivity index (χ1n) is 2.75. The van der Waals surface area contributed by atoms with Crippen LogP contribution in [0.25, 0.3) is 0 Å². The van der Waals surface area contributed by atoms with E-state index in [1.807, 2.05) is 0 Å². The van der Waals surface area contributed by atoms with E-state index >= 15 is 0 Å². The lowest BCUT2D eigenvalue weighted by atomic mass is 10.2. The molecule has 0 spiro atoms. The molecule has 0 saturated carbocycles. The Kier molecular flexibility index (Phi) is 1.35. The number of rotatable bonds is 1. The van der Waals surface area contributed by atoms with Gasteiger partial charge in [0.15, 0.2) is 0 Å². The van der Waals surface area contributed by atoms with Gasteiger partial charge >= 0.3 is 0 Å². The smallest absolute Gasteiger partial charge is 0.0954 e. The predicted octanol–water partition coefficient (Wildman–Crippen LogP) is 1.70. The lowest BCUT2D eigenvalue weighted by Crippen LogP contribution is -2.07. The fourth-order valence-corrected chi connectivity index (χ4v) is 0.609. The second-order valence-electron chi connectivity index (χ2n) is 1.68. The second kappa shape index (κ2) is 2.01. The van der Waals surface area contributed by atoms with Crippen molar-refractivity contribution in [3.8, 4) is 0 Å². The molecule has 1 aliphatic heterocycles. The summed E-state index contributed by atoms with van der Waals surface area (Å²) in [6.07, 6.45) is 4.40. The molecule has 0 amide bonds. The van der Waals surface area contributed by atoms with Gasteiger partial charge in [-0.2, -0.15) is 0 Å². The molecule has 1 fully saturated rings. The van der Waals surface area contributed by atoms with Crippen molar-refractivity contribution >= 4 is 0 Å². The van der Waals surface area contributed by atoms with E-state index in [0.29, 0.717) is 0 Å². The Balaban J connectivity index is 2.23. The van der Waals surface area contributed by atoms with Crippen LogP contribution in [0.15, 0.2) is 11.8 Å². The van der Waals surface area contributed by atoms with Crippen LogP contribution in [0.5, 0.6) is 0 Å². The van der Waals surface area contributed by atoms with E-state index in [-0.39, 0.29) is 0 Å². The zero-order valence-corrected chi connectivity index (χ0v) is 4.61. The molecule has 0 unspecified atom stereocenters. The minimum absolute atomic E-state index is 0.936. The van der Waals surface area contributed by atoms with Crippen LogP contribution < -0.4 is 0 Å². The Morgan fingerprint density at radius 2 is 2.57 bits per heavy atom. The van der Waals surface area contributed by atoms with Crippen molar-refractivity contribution in [3.05, 3.63) is 11.8 Å². The van der Waals surface area contributed by atoms with Gasteiger partial charge in [0.25, 0.3) is 0 Å². The molecule has 0 aromatic carbocycles. The number of hydrogen-bond acceptors (Lipinski definition) is 1. The average Bonchev–Trinajstić information content (AvgIpc) is 1.55. The molecule has 0 aliphatic carbocycles. The van der Waals surface area contributed by atoms with Gasteiger partial charge in [-0.05, 0) is 12.5 Å². The van der Waals surface area contributed by atoms with Gasteiger partial charge in [0, 0.05) is 6.42 Å². The van der Waals surface area contributed by atoms with Crippen LogP contribution in [0.4, 0.5) is 0 Å². The zero-order chi connectivity index (χ0) is 5.11. The molecule has 0 bridgehead atoms. The summed E-state index contributed by atoms with van der Waals surface area (Å²) in [6, 6.07) is 0. The zero-order valence-electron chi connectivity index (χ0n) is 4.61. The van der Waals surface area contributed by atoms with Crippen LogP contribution in [-0.2, 0) is 4.74 Å². The molecule has 7 heavy (non-hydrogen) atoms. The first-order chi connectivity index (χ1) is 3.43. The molecule has 1 rings (SSSR count). The summed E-state index contributed by atoms with van der Waals surface area (Å²) < 4.78 is 5.03. The molecule has 0 aromatic heterocycles. The summed E-state index contributed by atoms with van der Waals surface area (Å²) in [5.74, 6) is 1.18. The highest BCUT2D eigenvalue weighted by atomic mass is 16.5. The van der Waals surface area contributed by atoms with Crippen LogP contribution in [0.3, 0.4) is 0 Å². The van der Waals surface area contributed by atoms with Crippen LogP contribution in [-0.4, -0.2) is 6.61 Å². The average molecular weight is 98.1 g/mol. The predicted molar refractivity (Wildman–Crippen MR) is 28.9 cm³/mol. The van der Waals surface area contributed by atoms with Crippen molar-refractivity contribution < 1.29 is 4.74 Å². The summed E-state index contributed by atoms with van der Waals surface area (Å²) in [4.78, 5) is 0. The van der Waals surface area contributed by atoms with Gasteiger partial charge in [-0.3, -0.25) is 0 Å². The fourth-order valence-electron chi connectivity index (χ4n) is 0.609. The van der Waals surface area contributed by atoms with Crippen LogP contribution in [0.1, 0.15) is 19.8 Å². The summed E-state index contributed by atoms with van der Waals surface area (Å²) in [7, 11) is 0. The molecule has 1 heterocycles. The van der Waals surface area contributed by atoms with Gasteiger partial charge in [-0.15, -0.1) is 0 Å². The maximum atomic E-state index is 5.03. The van der Waals surface area contributed by atoms with Gasteiger partial charge in [0.1, 0.15) is 0 Å². The third kappa shape index (κ3) is 0.952. The Morgan fingerprint density at radius 3 is 2.71 bits per heavy atom. The summed E-state index contributed by atoms with van der Waals surface area (Å²) >= 11 is 0. The highest BCUT2D eigenvalue weighted by Crippen LogP contribution is 2.14. The number of ether oxygens (including phenoxy) is 1. The van der Waals surface area contributed by atoms with E-state index in [9.17, 15) is 0 Å². The van der Waals surface area contributed by atoms with Crippen molar-refractivity contribution in [2.75, 3.05) is 6.61 Å². The minimum atomic E-state index is 0.936. The number of hydrogen-bond donors (Lipinski definition) is 0. The van der Waals surface area contributed by atoms with Crippen LogP contribution in [0, 0.1) is 0 Å². The molecule has 1 aliphatic rings. The van der Waals surface area contributed by atoms with Gasteiger partial charge in [0.05, 0.1) is 12.4 Å². The number of allylic oxidation sites excluding steroid dienone is 1. The molecule has 1 saturated heterocycles. The maximum absolute atomic E-state index is 5.03. The van der Waals surface area contributed by atoms with E-state index in [4.69, 9.17) is 4.74 Å². The van der Waals surface area contributed by atoms with Gasteiger partial charge < -0.3 is 4.74 Å². The third-order valence-electron chi connectivity index (χ3n) is 1.07. The van der Waals surface area contributed by atoms with Crippen molar-refractivity contribution in [1.29, 1.82) is 0 Å². The van der Waals surface area contributed by atoms with Crippen molar-refractivity contribution in [1.82, 2.24) is 0 Å². The molecule has 0 atom stereocenters. The normalized spacial score (nSPS) is 23.9. The lowest BCUT2D eigenvalue weighted by Gasteiger charge is -2.17. The van der Waals surface area contributed by atoms with Gasteiger partial charge in [-0.1, -0.05) is 6.92 Å². The van der Waals surface area contributed by atoms with E-state index in [2.05, 4.69) is 13.0 Å². The molecule has 1 nitrogen and oxygen atoms in total. The molecular formula is C6H10O. The Bertz CT molecular complexity index is 78.2. The molecule has 0 N–H and O–H groups in total. The Labute approximate surface area is 44.0 Å². The van der Waals surface area contributed by atoms with Gasteiger partial charge in [-0.25, -0.2) is 0 Å². The SMILES string of the molecule is CCC=C1CCO1.